The minimum absolute atomic E-state index is 0.0153. The van der Waals surface area contributed by atoms with E-state index < -0.39 is 17.7 Å². The Balaban J connectivity index is 2.59. The van der Waals surface area contributed by atoms with Crippen LogP contribution >= 0.6 is 0 Å². The monoisotopic (exact) mass is 286 g/mol. The zero-order valence-corrected chi connectivity index (χ0v) is 12.9. The van der Waals surface area contributed by atoms with Gasteiger partial charge in [-0.2, -0.15) is 0 Å². The van der Waals surface area contributed by atoms with Crippen LogP contribution in [0.2, 0.25) is 0 Å². The van der Waals surface area contributed by atoms with Crippen molar-refractivity contribution in [1.82, 2.24) is 4.90 Å². The fraction of sp³-hybridized carbons (Fsp3) is 0.867. The minimum Gasteiger partial charge on any atom is -0.465 e. The largest absolute Gasteiger partial charge is 0.465 e. The lowest BCUT2D eigenvalue weighted by Crippen LogP contribution is -2.52. The van der Waals surface area contributed by atoms with Gasteiger partial charge >= 0.3 is 6.09 Å². The molecule has 1 amide bonds. The molecule has 0 aliphatic heterocycles. The lowest BCUT2D eigenvalue weighted by molar-refractivity contribution is -0.113. The minimum atomic E-state index is -1.34. The zero-order valence-electron chi connectivity index (χ0n) is 13.9. The Hall–Kier alpha value is -1.10. The molecule has 1 aliphatic carbocycles. The van der Waals surface area contributed by atoms with Gasteiger partial charge in [-0.15, -0.1) is 0 Å². The molecule has 0 saturated heterocycles. The topological polar surface area (TPSA) is 66.8 Å². The molecule has 1 atom stereocenters. The van der Waals surface area contributed by atoms with Gasteiger partial charge in [-0.3, -0.25) is 4.90 Å². The molecule has 1 N–H and O–H groups in total. The molecule has 20 heavy (non-hydrogen) atoms. The summed E-state index contributed by atoms with van der Waals surface area (Å²) in [6.45, 7) is 6.89. The van der Waals surface area contributed by atoms with Gasteiger partial charge in [0, 0.05) is 11.5 Å². The number of amides is 1. The number of aldehydes is 1. The van der Waals surface area contributed by atoms with Crippen molar-refractivity contribution >= 4 is 12.4 Å². The third-order valence-corrected chi connectivity index (χ3v) is 3.68. The molecule has 1 fully saturated rings. The third kappa shape index (κ3) is 4.78. The van der Waals surface area contributed by atoms with Crippen LogP contribution in [-0.2, 0) is 9.53 Å². The van der Waals surface area contributed by atoms with Crippen molar-refractivity contribution in [1.29, 1.82) is 0 Å². The van der Waals surface area contributed by atoms with E-state index in [-0.39, 0.29) is 18.6 Å². The quantitative estimate of drug-likeness (QED) is 0.789. The molecule has 0 radical (unpaired) electrons. The van der Waals surface area contributed by atoms with Crippen molar-refractivity contribution in [3.63, 3.8) is 0 Å². The van der Waals surface area contributed by atoms with Crippen molar-refractivity contribution in [3.05, 3.63) is 0 Å². The van der Waals surface area contributed by atoms with Gasteiger partial charge < -0.3 is 14.6 Å². The molecule has 116 valence electrons. The van der Waals surface area contributed by atoms with Crippen molar-refractivity contribution in [2.24, 2.45) is 5.92 Å². The molecule has 1 unspecified atom stereocenters. The predicted octanol–water partition coefficient (Wildman–Crippen LogP) is 2.93. The Kier molecular flexibility index (Phi) is 5.40. The molecule has 0 aromatic rings. The van der Waals surface area contributed by atoms with Crippen molar-refractivity contribution in [3.8, 4) is 0 Å². The van der Waals surface area contributed by atoms with E-state index in [0.29, 0.717) is 0 Å². The first kappa shape index (κ1) is 15.3. The molecule has 5 nitrogen and oxygen atoms in total. The number of rotatable bonds is 5. The number of nitrogens with zero attached hydrogens (tertiary/aromatic N) is 1. The number of carboxylic acid groups (broad SMARTS) is 1. The van der Waals surface area contributed by atoms with E-state index >= 15 is 0 Å². The molecule has 0 bridgehead atoms. The number of ether oxygens (including phenoxy) is 1. The summed E-state index contributed by atoms with van der Waals surface area (Å²) in [4.78, 5) is 23.3. The van der Waals surface area contributed by atoms with Crippen LogP contribution < -0.4 is 0 Å². The van der Waals surface area contributed by atoms with Crippen LogP contribution in [0.15, 0.2) is 0 Å². The summed E-state index contributed by atoms with van der Waals surface area (Å²) in [5.41, 5.74) is -0.666. The Morgan fingerprint density at radius 3 is 2.40 bits per heavy atom. The van der Waals surface area contributed by atoms with Gasteiger partial charge in [0.1, 0.15) is 6.29 Å². The van der Waals surface area contributed by atoms with Gasteiger partial charge in [0.15, 0.2) is 0 Å². The van der Waals surface area contributed by atoms with E-state index in [1.54, 1.807) is 27.7 Å². The van der Waals surface area contributed by atoms with Crippen LogP contribution in [0.1, 0.15) is 54.7 Å². The highest BCUT2D eigenvalue weighted by molar-refractivity contribution is 5.66. The van der Waals surface area contributed by atoms with Crippen LogP contribution in [0.25, 0.3) is 0 Å². The van der Waals surface area contributed by atoms with Gasteiger partial charge in [0.25, 0.3) is 0 Å². The highest BCUT2D eigenvalue weighted by Gasteiger charge is 2.31. The van der Waals surface area contributed by atoms with Crippen molar-refractivity contribution in [2.45, 2.75) is 71.0 Å². The molecular weight excluding hydrogens is 258 g/mol. The normalized spacial score (nSPS) is 27.3. The number of carbonyl (C=O) groups excluding carboxylic acids is 1. The fourth-order valence-corrected chi connectivity index (χ4v) is 2.72. The third-order valence-electron chi connectivity index (χ3n) is 3.68. The van der Waals surface area contributed by atoms with Crippen LogP contribution in [-0.4, -0.2) is 46.7 Å². The highest BCUT2D eigenvalue weighted by Crippen LogP contribution is 2.25. The fourth-order valence-electron chi connectivity index (χ4n) is 2.72. The van der Waals surface area contributed by atoms with Gasteiger partial charge in [-0.1, -0.05) is 0 Å². The Morgan fingerprint density at radius 2 is 2.00 bits per heavy atom. The molecule has 0 heterocycles. The first-order chi connectivity index (χ1) is 9.58. The number of carbonyl (C=O) groups is 2. The maximum atomic E-state index is 11.4. The molecule has 0 aromatic heterocycles. The van der Waals surface area contributed by atoms with Crippen molar-refractivity contribution < 1.29 is 20.8 Å². The SMILES string of the molecule is [2H]C(C)(COC1CCC(C=O)CC1)N(C(=O)O)C(C)(C)C. The first-order valence-electron chi connectivity index (χ1n) is 7.68. The maximum absolute atomic E-state index is 11.4. The van der Waals surface area contributed by atoms with Crippen LogP contribution in [0.3, 0.4) is 0 Å². The van der Waals surface area contributed by atoms with Gasteiger partial charge in [-0.25, -0.2) is 4.79 Å². The zero-order chi connectivity index (χ0) is 16.3. The van der Waals surface area contributed by atoms with E-state index in [4.69, 9.17) is 6.11 Å². The second-order valence-corrected chi connectivity index (χ2v) is 6.51. The Labute approximate surface area is 122 Å². The highest BCUT2D eigenvalue weighted by atomic mass is 16.5. The van der Waals surface area contributed by atoms with Crippen LogP contribution in [0.5, 0.6) is 0 Å². The summed E-state index contributed by atoms with van der Waals surface area (Å²) in [5, 5.41) is 9.36. The second kappa shape index (κ2) is 7.07. The molecule has 0 aromatic carbocycles. The molecule has 1 aliphatic rings. The lowest BCUT2D eigenvalue weighted by atomic mass is 9.88. The first-order valence-corrected chi connectivity index (χ1v) is 7.18. The molecule has 1 rings (SSSR count). The summed E-state index contributed by atoms with van der Waals surface area (Å²) in [6.07, 6.45) is 3.10. The van der Waals surface area contributed by atoms with Crippen LogP contribution in [0, 0.1) is 5.92 Å². The van der Waals surface area contributed by atoms with Gasteiger partial charge in [0.05, 0.1) is 20.1 Å². The van der Waals surface area contributed by atoms with Gasteiger partial charge in [-0.05, 0) is 53.4 Å². The second-order valence-electron chi connectivity index (χ2n) is 6.51. The van der Waals surface area contributed by atoms with Crippen LogP contribution in [0.4, 0.5) is 4.79 Å². The van der Waals surface area contributed by atoms with Gasteiger partial charge in [0.2, 0.25) is 0 Å². The summed E-state index contributed by atoms with van der Waals surface area (Å²) in [5.74, 6) is 0.123. The summed E-state index contributed by atoms with van der Waals surface area (Å²) >= 11 is 0. The Morgan fingerprint density at radius 1 is 1.45 bits per heavy atom. The van der Waals surface area contributed by atoms with E-state index in [1.807, 2.05) is 0 Å². The Bertz CT molecular complexity index is 370. The number of hydrogen-bond donors (Lipinski definition) is 1. The van der Waals surface area contributed by atoms with Crippen molar-refractivity contribution in [2.75, 3.05) is 6.61 Å². The van der Waals surface area contributed by atoms with E-state index in [9.17, 15) is 14.7 Å². The smallest absolute Gasteiger partial charge is 0.408 e. The van der Waals surface area contributed by atoms with E-state index in [0.717, 1.165) is 36.9 Å². The number of hydrogen-bond acceptors (Lipinski definition) is 3. The molecular formula is C15H27NO4. The standard InChI is InChI=1S/C15H27NO4/c1-11(16(14(18)19)15(2,3)4)10-20-13-7-5-12(9-17)6-8-13/h9,11-13H,5-8,10H2,1-4H3,(H,18,19)/i11D. The van der Waals surface area contributed by atoms with E-state index in [1.165, 1.54) is 0 Å². The molecule has 1 saturated carbocycles. The average Bonchev–Trinajstić information content (AvgIpc) is 2.34. The molecule has 0 spiro atoms. The predicted molar refractivity (Wildman–Crippen MR) is 76.8 cm³/mol. The summed E-state index contributed by atoms with van der Waals surface area (Å²) in [7, 11) is 0. The summed E-state index contributed by atoms with van der Waals surface area (Å²) < 4.78 is 14.1. The molecule has 5 heteroatoms. The maximum Gasteiger partial charge on any atom is 0.408 e. The average molecular weight is 286 g/mol. The van der Waals surface area contributed by atoms with E-state index in [2.05, 4.69) is 0 Å². The summed E-state index contributed by atoms with van der Waals surface area (Å²) in [6, 6.07) is -1.34. The lowest BCUT2D eigenvalue weighted by Gasteiger charge is -2.38.